The van der Waals surface area contributed by atoms with E-state index in [9.17, 15) is 0 Å². The van der Waals surface area contributed by atoms with E-state index in [1.54, 1.807) is 0 Å². The number of aryl methyl sites for hydroxylation is 1. The second-order valence-electron chi connectivity index (χ2n) is 8.80. The maximum atomic E-state index is 5.83. The van der Waals surface area contributed by atoms with Crippen LogP contribution in [-0.4, -0.2) is 58.0 Å². The summed E-state index contributed by atoms with van der Waals surface area (Å²) in [6, 6.07) is 11.0. The molecule has 0 radical (unpaired) electrons. The molecule has 1 aromatic heterocycles. The van der Waals surface area contributed by atoms with Crippen molar-refractivity contribution in [2.75, 3.05) is 26.2 Å². The second kappa shape index (κ2) is 10.3. The molecule has 3 heterocycles. The van der Waals surface area contributed by atoms with E-state index in [1.807, 2.05) is 18.5 Å². The first kappa shape index (κ1) is 21.8. The van der Waals surface area contributed by atoms with Gasteiger partial charge in [-0.25, -0.2) is 4.99 Å². The Morgan fingerprint density at radius 1 is 1.23 bits per heavy atom. The molecule has 0 saturated carbocycles. The highest BCUT2D eigenvalue weighted by atomic mass is 16.5. The van der Waals surface area contributed by atoms with Crippen molar-refractivity contribution in [3.05, 3.63) is 47.5 Å². The molecule has 7 heteroatoms. The summed E-state index contributed by atoms with van der Waals surface area (Å²) in [5.74, 6) is 4.00. The van der Waals surface area contributed by atoms with Crippen LogP contribution >= 0.6 is 0 Å². The zero-order valence-electron chi connectivity index (χ0n) is 19.1. The fourth-order valence-corrected chi connectivity index (χ4v) is 4.79. The largest absolute Gasteiger partial charge is 0.376 e. The minimum absolute atomic E-state index is 0.283. The number of nitrogens with one attached hydrogen (secondary N) is 1. The summed E-state index contributed by atoms with van der Waals surface area (Å²) >= 11 is 0. The number of rotatable bonds is 6. The molecule has 4 rings (SSSR count). The average Bonchev–Trinajstić information content (AvgIpc) is 3.44. The van der Waals surface area contributed by atoms with Crippen LogP contribution in [0.25, 0.3) is 0 Å². The first-order chi connectivity index (χ1) is 15.2. The fraction of sp³-hybridized carbons (Fsp3) is 0.625. The molecule has 2 fully saturated rings. The van der Waals surface area contributed by atoms with Gasteiger partial charge < -0.3 is 19.5 Å². The highest BCUT2D eigenvalue weighted by Crippen LogP contribution is 2.34. The number of aromatic nitrogens is 3. The van der Waals surface area contributed by atoms with Gasteiger partial charge in [-0.1, -0.05) is 43.7 Å². The highest BCUT2D eigenvalue weighted by molar-refractivity contribution is 5.80. The van der Waals surface area contributed by atoms with E-state index < -0.39 is 0 Å². The number of hydrogen-bond donors (Lipinski definition) is 1. The van der Waals surface area contributed by atoms with Crippen molar-refractivity contribution in [1.82, 2.24) is 25.0 Å². The van der Waals surface area contributed by atoms with Gasteiger partial charge in [0.2, 0.25) is 0 Å². The third kappa shape index (κ3) is 5.26. The zero-order chi connectivity index (χ0) is 21.6. The van der Waals surface area contributed by atoms with Crippen LogP contribution in [0.4, 0.5) is 0 Å². The molecule has 0 amide bonds. The van der Waals surface area contributed by atoms with Crippen molar-refractivity contribution in [3.8, 4) is 0 Å². The van der Waals surface area contributed by atoms with Gasteiger partial charge in [-0.3, -0.25) is 0 Å². The Kier molecular flexibility index (Phi) is 7.22. The average molecular weight is 425 g/mol. The van der Waals surface area contributed by atoms with E-state index in [4.69, 9.17) is 9.73 Å². The number of piperidine rings is 1. The minimum Gasteiger partial charge on any atom is -0.376 e. The van der Waals surface area contributed by atoms with Gasteiger partial charge in [-0.15, -0.1) is 10.2 Å². The second-order valence-corrected chi connectivity index (χ2v) is 8.80. The molecule has 31 heavy (non-hydrogen) atoms. The lowest BCUT2D eigenvalue weighted by molar-refractivity contribution is 0.112. The lowest BCUT2D eigenvalue weighted by Gasteiger charge is -2.40. The maximum Gasteiger partial charge on any atom is 0.194 e. The molecule has 3 unspecified atom stereocenters. The summed E-state index contributed by atoms with van der Waals surface area (Å²) in [5, 5.41) is 12.1. The Bertz CT molecular complexity index is 858. The maximum absolute atomic E-state index is 5.83. The van der Waals surface area contributed by atoms with Crippen molar-refractivity contribution >= 4 is 5.96 Å². The third-order valence-corrected chi connectivity index (χ3v) is 6.85. The molecular weight excluding hydrogens is 388 g/mol. The summed E-state index contributed by atoms with van der Waals surface area (Å²) < 4.78 is 7.84. The minimum atomic E-state index is 0.283. The van der Waals surface area contributed by atoms with Crippen molar-refractivity contribution in [2.45, 2.75) is 58.1 Å². The fourth-order valence-electron chi connectivity index (χ4n) is 4.79. The number of hydrogen-bond acceptors (Lipinski definition) is 4. The molecule has 3 atom stereocenters. The third-order valence-electron chi connectivity index (χ3n) is 6.85. The molecule has 0 aliphatic carbocycles. The monoisotopic (exact) mass is 424 g/mol. The molecule has 2 aliphatic heterocycles. The summed E-state index contributed by atoms with van der Waals surface area (Å²) in [5.41, 5.74) is 1.47. The highest BCUT2D eigenvalue weighted by Gasteiger charge is 2.31. The summed E-state index contributed by atoms with van der Waals surface area (Å²) in [4.78, 5) is 7.41. The molecule has 168 valence electrons. The summed E-state index contributed by atoms with van der Waals surface area (Å²) in [6.07, 6.45) is 4.86. The smallest absolute Gasteiger partial charge is 0.194 e. The molecule has 2 aliphatic rings. The Morgan fingerprint density at radius 2 is 2.06 bits per heavy atom. The standard InChI is InChI=1S/C24H36N6O/c1-4-19-17-30(13-12-22(19)20-9-6-5-7-10-20)24(25-15-21-11-8-14-31-21)26-16-23-28-27-18(2)29(23)3/h5-7,9-10,19,21-22H,4,8,11-17H2,1-3H3,(H,25,26). The van der Waals surface area contributed by atoms with Gasteiger partial charge in [0, 0.05) is 33.3 Å². The number of nitrogens with zero attached hydrogens (tertiary/aromatic N) is 5. The summed E-state index contributed by atoms with van der Waals surface area (Å²) in [7, 11) is 2.00. The molecule has 1 aromatic carbocycles. The predicted molar refractivity (Wildman–Crippen MR) is 123 cm³/mol. The van der Waals surface area contributed by atoms with Gasteiger partial charge in [0.15, 0.2) is 11.8 Å². The van der Waals surface area contributed by atoms with Crippen LogP contribution in [0.15, 0.2) is 35.3 Å². The van der Waals surface area contributed by atoms with E-state index >= 15 is 0 Å². The van der Waals surface area contributed by atoms with Crippen LogP contribution in [0.3, 0.4) is 0 Å². The topological polar surface area (TPSA) is 67.6 Å². The quantitative estimate of drug-likeness (QED) is 0.569. The molecule has 1 N–H and O–H groups in total. The molecule has 2 aromatic rings. The van der Waals surface area contributed by atoms with Crippen molar-refractivity contribution in [2.24, 2.45) is 18.0 Å². The molecule has 7 nitrogen and oxygen atoms in total. The van der Waals surface area contributed by atoms with Gasteiger partial charge in [-0.2, -0.15) is 0 Å². The van der Waals surface area contributed by atoms with Crippen LogP contribution in [0.5, 0.6) is 0 Å². The van der Waals surface area contributed by atoms with Gasteiger partial charge in [0.1, 0.15) is 12.4 Å². The number of aliphatic imine (C=N–C) groups is 1. The number of ether oxygens (including phenoxy) is 1. The van der Waals surface area contributed by atoms with Crippen LogP contribution in [0.2, 0.25) is 0 Å². The molecule has 0 spiro atoms. The first-order valence-corrected chi connectivity index (χ1v) is 11.7. The first-order valence-electron chi connectivity index (χ1n) is 11.7. The Labute approximate surface area is 185 Å². The van der Waals surface area contributed by atoms with Crippen LogP contribution in [0, 0.1) is 12.8 Å². The zero-order valence-corrected chi connectivity index (χ0v) is 19.1. The normalized spacial score (nSPS) is 24.5. The van der Waals surface area contributed by atoms with E-state index in [0.717, 1.165) is 69.5 Å². The van der Waals surface area contributed by atoms with Crippen molar-refractivity contribution in [1.29, 1.82) is 0 Å². The van der Waals surface area contributed by atoms with Gasteiger partial charge in [0.25, 0.3) is 0 Å². The van der Waals surface area contributed by atoms with Gasteiger partial charge in [-0.05, 0) is 43.6 Å². The van der Waals surface area contributed by atoms with Crippen LogP contribution in [-0.2, 0) is 18.3 Å². The Balaban J connectivity index is 1.48. The van der Waals surface area contributed by atoms with E-state index in [0.29, 0.717) is 18.4 Å². The molecule has 0 bridgehead atoms. The SMILES string of the molecule is CCC1CN(C(=NCc2nnc(C)n2C)NCC2CCCO2)CCC1c1ccccc1. The lowest BCUT2D eigenvalue weighted by Crippen LogP contribution is -2.49. The Hall–Kier alpha value is -2.41. The van der Waals surface area contributed by atoms with Gasteiger partial charge >= 0.3 is 0 Å². The lowest BCUT2D eigenvalue weighted by atomic mass is 9.79. The van der Waals surface area contributed by atoms with Crippen LogP contribution < -0.4 is 5.32 Å². The number of guanidine groups is 1. The molecule has 2 saturated heterocycles. The van der Waals surface area contributed by atoms with E-state index in [2.05, 4.69) is 57.7 Å². The van der Waals surface area contributed by atoms with Crippen molar-refractivity contribution in [3.63, 3.8) is 0 Å². The molecular formula is C24H36N6O. The Morgan fingerprint density at radius 3 is 2.74 bits per heavy atom. The van der Waals surface area contributed by atoms with Gasteiger partial charge in [0.05, 0.1) is 6.10 Å². The van der Waals surface area contributed by atoms with Crippen molar-refractivity contribution < 1.29 is 4.74 Å². The summed E-state index contributed by atoms with van der Waals surface area (Å²) in [6.45, 7) is 8.51. The van der Waals surface area contributed by atoms with E-state index in [-0.39, 0.29) is 6.10 Å². The number of benzene rings is 1. The predicted octanol–water partition coefficient (Wildman–Crippen LogP) is 3.26. The van der Waals surface area contributed by atoms with Crippen LogP contribution in [0.1, 0.15) is 55.7 Å². The number of likely N-dealkylation sites (tertiary alicyclic amines) is 1. The van der Waals surface area contributed by atoms with E-state index in [1.165, 1.54) is 5.56 Å².